The lowest BCUT2D eigenvalue weighted by molar-refractivity contribution is -0.704. The first-order chi connectivity index (χ1) is 10.6. The molecule has 0 saturated carbocycles. The Morgan fingerprint density at radius 2 is 1.12 bits per heavy atom. The summed E-state index contributed by atoms with van der Waals surface area (Å²) < 4.78 is 0. The zero-order valence-electron chi connectivity index (χ0n) is 15.0. The fraction of sp³-hybridized carbons (Fsp3) is 0.857. The fourth-order valence-electron chi connectivity index (χ4n) is 2.75. The molecule has 12 nitrogen and oxygen atoms in total. The van der Waals surface area contributed by atoms with Gasteiger partial charge in [0.05, 0.1) is 25.0 Å². The molecule has 0 radical (unpaired) electrons. The second-order valence-corrected chi connectivity index (χ2v) is 5.74. The van der Waals surface area contributed by atoms with E-state index in [1.54, 1.807) is 0 Å². The van der Waals surface area contributed by atoms with Gasteiger partial charge in [-0.25, -0.2) is 0 Å². The van der Waals surface area contributed by atoms with Gasteiger partial charge >= 0.3 is 0 Å². The molecular formula is C14H36N4O8. The highest BCUT2D eigenvalue weighted by Crippen LogP contribution is 2.03. The van der Waals surface area contributed by atoms with Crippen molar-refractivity contribution >= 4 is 11.9 Å². The highest BCUT2D eigenvalue weighted by molar-refractivity contribution is 6.25. The van der Waals surface area contributed by atoms with Gasteiger partial charge in [0.25, 0.3) is 0 Å². The number of unbranched alkanes of at least 4 members (excludes halogenated alkanes) is 1. The second-order valence-electron chi connectivity index (χ2n) is 5.74. The number of carbonyl (C=O) groups is 2. The average molecular weight is 388 g/mol. The van der Waals surface area contributed by atoms with E-state index < -0.39 is 11.9 Å². The van der Waals surface area contributed by atoms with Crippen LogP contribution in [0.4, 0.5) is 0 Å². The lowest BCUT2D eigenvalue weighted by Crippen LogP contribution is -2.95. The van der Waals surface area contributed by atoms with Crippen LogP contribution in [-0.2, 0) is 9.59 Å². The molecule has 2 atom stereocenters. The molecule has 0 amide bonds. The van der Waals surface area contributed by atoms with E-state index in [0.717, 1.165) is 0 Å². The number of nitrogens with two attached hydrogens (primary N) is 2. The van der Waals surface area contributed by atoms with Crippen LogP contribution in [-0.4, -0.2) is 72.4 Å². The molecule has 14 N–H and O–H groups in total. The van der Waals surface area contributed by atoms with Gasteiger partial charge in [-0.15, -0.1) is 0 Å². The van der Waals surface area contributed by atoms with Gasteiger partial charge < -0.3 is 52.3 Å². The molecule has 0 aromatic rings. The first kappa shape index (κ1) is 32.3. The van der Waals surface area contributed by atoms with Gasteiger partial charge in [-0.05, 0) is 12.8 Å². The largest absolute Gasteiger partial charge is 0.543 e. The lowest BCUT2D eigenvalue weighted by atomic mass is 10.1. The first-order valence-corrected chi connectivity index (χ1v) is 8.15. The summed E-state index contributed by atoms with van der Waals surface area (Å²) in [5, 5.41) is 29.9. The van der Waals surface area contributed by atoms with Crippen LogP contribution >= 0.6 is 0 Å². The van der Waals surface area contributed by atoms with Crippen molar-refractivity contribution in [2.24, 2.45) is 0 Å². The van der Waals surface area contributed by atoms with Crippen molar-refractivity contribution < 1.29 is 52.3 Å². The summed E-state index contributed by atoms with van der Waals surface area (Å²) in [5.74, 6) is -4.37. The van der Waals surface area contributed by atoms with E-state index in [4.69, 9.17) is 19.8 Å². The highest BCUT2D eigenvalue weighted by atomic mass is 16.4. The molecular weight excluding hydrogens is 352 g/mol. The number of hydrogen-bond acceptors (Lipinski definition) is 6. The van der Waals surface area contributed by atoms with Crippen molar-refractivity contribution in [2.45, 2.75) is 50.9 Å². The first-order valence-electron chi connectivity index (χ1n) is 8.15. The van der Waals surface area contributed by atoms with E-state index in [-0.39, 0.29) is 21.9 Å². The van der Waals surface area contributed by atoms with E-state index in [1.807, 2.05) is 0 Å². The molecule has 2 heterocycles. The van der Waals surface area contributed by atoms with E-state index in [0.29, 0.717) is 12.3 Å². The zero-order valence-corrected chi connectivity index (χ0v) is 15.0. The second kappa shape index (κ2) is 19.9. The average Bonchev–Trinajstić information content (AvgIpc) is 2.54. The minimum atomic E-state index is -2.19. The number of carboxylic acids is 2. The van der Waals surface area contributed by atoms with Crippen molar-refractivity contribution in [3.8, 4) is 0 Å². The number of quaternary nitrogens is 2. The molecule has 0 aromatic heterocycles. The molecule has 0 bridgehead atoms. The maximum atomic E-state index is 8.93. The standard InChI is InChI=1S/C12H26N4.C2H2O4.4H2O/c1(5-11-13-7-3-8-14-11)2-6-12-15-9-4-10-16-12;3-1(4)2(5)6;;;;/h11-16H,1-10H2;(H,3,4)(H,5,6);4*1H2. The van der Waals surface area contributed by atoms with E-state index in [1.165, 1.54) is 64.7 Å². The van der Waals surface area contributed by atoms with Gasteiger partial charge in [0.2, 0.25) is 0 Å². The summed E-state index contributed by atoms with van der Waals surface area (Å²) in [6.45, 7) is 5.07. The Bertz CT molecular complexity index is 305. The topological polar surface area (TPSA) is 264 Å². The number of carboxylic acid groups (broad SMARTS) is 2. The molecule has 26 heavy (non-hydrogen) atoms. The van der Waals surface area contributed by atoms with Gasteiger partial charge in [-0.3, -0.25) is 10.6 Å². The molecule has 0 spiro atoms. The monoisotopic (exact) mass is 388 g/mol. The molecule has 2 fully saturated rings. The summed E-state index contributed by atoms with van der Waals surface area (Å²) in [7, 11) is 0. The summed E-state index contributed by atoms with van der Waals surface area (Å²) in [5.41, 5.74) is 0. The molecule has 2 unspecified atom stereocenters. The lowest BCUT2D eigenvalue weighted by Gasteiger charge is -2.23. The van der Waals surface area contributed by atoms with E-state index >= 15 is 0 Å². The summed E-state index contributed by atoms with van der Waals surface area (Å²) in [6.07, 6.45) is 9.50. The molecule has 2 rings (SSSR count). The Morgan fingerprint density at radius 1 is 0.769 bits per heavy atom. The SMILES string of the molecule is C1CNC(CCCCC2NCCC[NH2+]2)[NH2+]C1.O.O.O.O.O=C([O-])C(=O)[O-]. The molecule has 0 aliphatic carbocycles. The van der Waals surface area contributed by atoms with Crippen LogP contribution in [0.1, 0.15) is 38.5 Å². The van der Waals surface area contributed by atoms with Crippen LogP contribution in [0.3, 0.4) is 0 Å². The number of rotatable bonds is 5. The smallest absolute Gasteiger partial charge is 0.139 e. The van der Waals surface area contributed by atoms with Crippen molar-refractivity contribution in [2.75, 3.05) is 26.2 Å². The zero-order chi connectivity index (χ0) is 16.2. The van der Waals surface area contributed by atoms with Crippen molar-refractivity contribution in [3.63, 3.8) is 0 Å². The number of carbonyl (C=O) groups excluding carboxylic acids is 2. The van der Waals surface area contributed by atoms with Gasteiger partial charge in [0, 0.05) is 38.8 Å². The highest BCUT2D eigenvalue weighted by Gasteiger charge is 2.17. The Balaban J connectivity index is -0.000000214. The van der Waals surface area contributed by atoms with Crippen molar-refractivity contribution in [1.82, 2.24) is 10.6 Å². The Morgan fingerprint density at radius 3 is 1.35 bits per heavy atom. The van der Waals surface area contributed by atoms with Crippen LogP contribution < -0.4 is 31.5 Å². The van der Waals surface area contributed by atoms with Gasteiger partial charge in [-0.1, -0.05) is 0 Å². The number of nitrogens with one attached hydrogen (secondary N) is 2. The fourth-order valence-corrected chi connectivity index (χ4v) is 2.75. The normalized spacial score (nSPS) is 21.1. The Kier molecular flexibility index (Phi) is 24.8. The third-order valence-corrected chi connectivity index (χ3v) is 3.92. The van der Waals surface area contributed by atoms with Crippen LogP contribution in [0.15, 0.2) is 0 Å². The third-order valence-electron chi connectivity index (χ3n) is 3.92. The summed E-state index contributed by atoms with van der Waals surface area (Å²) in [6, 6.07) is 0. The predicted molar refractivity (Wildman–Crippen MR) is 89.3 cm³/mol. The Hall–Kier alpha value is -1.38. The quantitative estimate of drug-likeness (QED) is 0.262. The molecule has 2 aliphatic rings. The number of hydrogen-bond donors (Lipinski definition) is 4. The van der Waals surface area contributed by atoms with Crippen LogP contribution in [0.2, 0.25) is 0 Å². The van der Waals surface area contributed by atoms with Crippen LogP contribution in [0, 0.1) is 0 Å². The molecule has 2 saturated heterocycles. The third kappa shape index (κ3) is 16.1. The summed E-state index contributed by atoms with van der Waals surface area (Å²) >= 11 is 0. The minimum absolute atomic E-state index is 0. The van der Waals surface area contributed by atoms with Crippen LogP contribution in [0.25, 0.3) is 0 Å². The van der Waals surface area contributed by atoms with Crippen molar-refractivity contribution in [1.29, 1.82) is 0 Å². The Labute approximate surface area is 153 Å². The van der Waals surface area contributed by atoms with Gasteiger partial charge in [0.1, 0.15) is 12.3 Å². The maximum Gasteiger partial charge on any atom is 0.139 e. The maximum absolute atomic E-state index is 8.93. The summed E-state index contributed by atoms with van der Waals surface area (Å²) in [4.78, 5) is 17.9. The van der Waals surface area contributed by atoms with E-state index in [2.05, 4.69) is 21.3 Å². The number of aliphatic carboxylic acids is 2. The molecule has 160 valence electrons. The van der Waals surface area contributed by atoms with Crippen molar-refractivity contribution in [3.05, 3.63) is 0 Å². The van der Waals surface area contributed by atoms with Gasteiger partial charge in [-0.2, -0.15) is 0 Å². The minimum Gasteiger partial charge on any atom is -0.543 e. The van der Waals surface area contributed by atoms with E-state index in [9.17, 15) is 0 Å². The van der Waals surface area contributed by atoms with Crippen LogP contribution in [0.5, 0.6) is 0 Å². The molecule has 12 heteroatoms. The molecule has 2 aliphatic heterocycles. The molecule has 0 aromatic carbocycles. The predicted octanol–water partition coefficient (Wildman–Crippen LogP) is -8.50. The van der Waals surface area contributed by atoms with Gasteiger partial charge in [0.15, 0.2) is 0 Å².